The quantitative estimate of drug-likeness (QED) is 0.770. The van der Waals surface area contributed by atoms with Crippen LogP contribution in [0.2, 0.25) is 5.02 Å². The van der Waals surface area contributed by atoms with E-state index in [0.717, 1.165) is 0 Å². The number of hydrogen-bond acceptors (Lipinski definition) is 5. The summed E-state index contributed by atoms with van der Waals surface area (Å²) in [6, 6.07) is 0. The van der Waals surface area contributed by atoms with Gasteiger partial charge in [0.25, 0.3) is 10.0 Å². The second kappa shape index (κ2) is 5.50. The lowest BCUT2D eigenvalue weighted by atomic mass is 10.3. The first kappa shape index (κ1) is 15.8. The molecule has 1 N–H and O–H groups in total. The Morgan fingerprint density at radius 3 is 2.74 bits per heavy atom. The van der Waals surface area contributed by atoms with Crippen molar-refractivity contribution in [3.05, 3.63) is 35.0 Å². The molecule has 0 amide bonds. The van der Waals surface area contributed by atoms with Crippen LogP contribution in [-0.4, -0.2) is 32.8 Å². The van der Waals surface area contributed by atoms with Crippen LogP contribution < -0.4 is 4.72 Å². The smallest absolute Gasteiger partial charge is 0.265 e. The molecule has 0 saturated carbocycles. The fourth-order valence-corrected chi connectivity index (χ4v) is 3.40. The molecule has 0 radical (unpaired) electrons. The molecule has 0 aliphatic heterocycles. The third-order valence-electron chi connectivity index (χ3n) is 3.35. The number of hydrogen-bond donors (Lipinski definition) is 1. The van der Waals surface area contributed by atoms with Crippen molar-refractivity contribution in [1.82, 2.24) is 24.4 Å². The van der Waals surface area contributed by atoms with Crippen molar-refractivity contribution in [2.75, 3.05) is 4.72 Å². The van der Waals surface area contributed by atoms with Crippen molar-refractivity contribution >= 4 is 33.0 Å². The molecule has 10 heteroatoms. The fraction of sp³-hybridized carbons (Fsp3) is 0.308. The van der Waals surface area contributed by atoms with Crippen LogP contribution in [-0.2, 0) is 23.5 Å². The van der Waals surface area contributed by atoms with E-state index >= 15 is 0 Å². The third kappa shape index (κ3) is 2.77. The van der Waals surface area contributed by atoms with Crippen LogP contribution in [0.5, 0.6) is 0 Å². The van der Waals surface area contributed by atoms with E-state index in [0.29, 0.717) is 34.2 Å². The Bertz CT molecular complexity index is 991. The molecule has 3 aromatic heterocycles. The van der Waals surface area contributed by atoms with Gasteiger partial charge in [-0.25, -0.2) is 17.9 Å². The summed E-state index contributed by atoms with van der Waals surface area (Å²) in [5.74, 6) is 0. The lowest BCUT2D eigenvalue weighted by Crippen LogP contribution is -2.15. The zero-order valence-electron chi connectivity index (χ0n) is 12.8. The molecule has 0 fully saturated rings. The SMILES string of the molecule is CCc1nn(C)cc1NS(=O)(=O)c1cnc2c(Cl)c(C)nn2c1. The molecule has 0 unspecified atom stereocenters. The van der Waals surface area contributed by atoms with Crippen molar-refractivity contribution in [3.63, 3.8) is 0 Å². The zero-order chi connectivity index (χ0) is 16.8. The molecule has 0 aliphatic rings. The Morgan fingerprint density at radius 2 is 2.04 bits per heavy atom. The van der Waals surface area contributed by atoms with Crippen LogP contribution in [0.4, 0.5) is 5.69 Å². The first-order chi connectivity index (χ1) is 10.8. The Balaban J connectivity index is 2.02. The van der Waals surface area contributed by atoms with Crippen LogP contribution >= 0.6 is 11.6 Å². The van der Waals surface area contributed by atoms with E-state index in [1.54, 1.807) is 24.9 Å². The number of aryl methyl sites for hydroxylation is 3. The molecule has 8 nitrogen and oxygen atoms in total. The van der Waals surface area contributed by atoms with Crippen LogP contribution in [0.25, 0.3) is 5.65 Å². The molecule has 3 rings (SSSR count). The Labute approximate surface area is 138 Å². The minimum absolute atomic E-state index is 0.00456. The van der Waals surface area contributed by atoms with Crippen molar-refractivity contribution in [1.29, 1.82) is 0 Å². The van der Waals surface area contributed by atoms with Gasteiger partial charge in [0.15, 0.2) is 5.65 Å². The summed E-state index contributed by atoms with van der Waals surface area (Å²) in [5.41, 5.74) is 2.12. The third-order valence-corrected chi connectivity index (χ3v) is 5.11. The molecule has 0 spiro atoms. The van der Waals surface area contributed by atoms with E-state index < -0.39 is 10.0 Å². The monoisotopic (exact) mass is 354 g/mol. The number of fused-ring (bicyclic) bond motifs is 1. The summed E-state index contributed by atoms with van der Waals surface area (Å²) in [4.78, 5) is 4.08. The second-order valence-electron chi connectivity index (χ2n) is 5.08. The Morgan fingerprint density at radius 1 is 1.30 bits per heavy atom. The molecule has 3 aromatic rings. The lowest BCUT2D eigenvalue weighted by molar-refractivity contribution is 0.599. The van der Waals surface area contributed by atoms with E-state index in [-0.39, 0.29) is 4.90 Å². The summed E-state index contributed by atoms with van der Waals surface area (Å²) in [7, 11) is -2.06. The van der Waals surface area contributed by atoms with Gasteiger partial charge in [-0.15, -0.1) is 0 Å². The van der Waals surface area contributed by atoms with E-state index in [2.05, 4.69) is 19.9 Å². The molecular weight excluding hydrogens is 340 g/mol. The second-order valence-corrected chi connectivity index (χ2v) is 7.14. The van der Waals surface area contributed by atoms with E-state index in [4.69, 9.17) is 11.6 Å². The van der Waals surface area contributed by atoms with E-state index in [9.17, 15) is 8.42 Å². The highest BCUT2D eigenvalue weighted by Gasteiger charge is 2.20. The maximum Gasteiger partial charge on any atom is 0.265 e. The molecule has 122 valence electrons. The molecule has 23 heavy (non-hydrogen) atoms. The zero-order valence-corrected chi connectivity index (χ0v) is 14.4. The van der Waals surface area contributed by atoms with Gasteiger partial charge in [-0.3, -0.25) is 9.40 Å². The number of nitrogens with zero attached hydrogens (tertiary/aromatic N) is 5. The van der Waals surface area contributed by atoms with Crippen LogP contribution in [0.3, 0.4) is 0 Å². The molecular formula is C13H15ClN6O2S. The topological polar surface area (TPSA) is 94.2 Å². The van der Waals surface area contributed by atoms with Crippen LogP contribution in [0.1, 0.15) is 18.3 Å². The summed E-state index contributed by atoms with van der Waals surface area (Å²) in [6.07, 6.45) is 4.87. The van der Waals surface area contributed by atoms with Gasteiger partial charge in [0.2, 0.25) is 0 Å². The van der Waals surface area contributed by atoms with Gasteiger partial charge in [-0.2, -0.15) is 10.2 Å². The van der Waals surface area contributed by atoms with Crippen molar-refractivity contribution < 1.29 is 8.42 Å². The number of nitrogens with one attached hydrogen (secondary N) is 1. The highest BCUT2D eigenvalue weighted by atomic mass is 35.5. The first-order valence-electron chi connectivity index (χ1n) is 6.87. The predicted octanol–water partition coefficient (Wildman–Crippen LogP) is 1.79. The van der Waals surface area contributed by atoms with E-state index in [1.807, 2.05) is 6.92 Å². The van der Waals surface area contributed by atoms with Crippen molar-refractivity contribution in [2.45, 2.75) is 25.2 Å². The summed E-state index contributed by atoms with van der Waals surface area (Å²) in [6.45, 7) is 3.63. The average Bonchev–Trinajstić information content (AvgIpc) is 2.98. The molecule has 0 aromatic carbocycles. The minimum Gasteiger partial charge on any atom is -0.276 e. The van der Waals surface area contributed by atoms with Gasteiger partial charge in [0.1, 0.15) is 9.92 Å². The predicted molar refractivity (Wildman–Crippen MR) is 86.1 cm³/mol. The van der Waals surface area contributed by atoms with Gasteiger partial charge in [0.05, 0.1) is 29.5 Å². The molecule has 0 atom stereocenters. The molecule has 0 saturated heterocycles. The van der Waals surface area contributed by atoms with Gasteiger partial charge < -0.3 is 0 Å². The largest absolute Gasteiger partial charge is 0.276 e. The fourth-order valence-electron chi connectivity index (χ4n) is 2.22. The number of halogens is 1. The number of anilines is 1. The van der Waals surface area contributed by atoms with Gasteiger partial charge in [-0.1, -0.05) is 18.5 Å². The molecule has 0 bridgehead atoms. The standard InChI is InChI=1S/C13H15ClN6O2S/c1-4-10-11(7-19(3)17-10)18-23(21,22)9-5-15-13-12(14)8(2)16-20(13)6-9/h5-7,18H,4H2,1-3H3. The maximum atomic E-state index is 12.6. The normalized spacial score (nSPS) is 12.0. The average molecular weight is 355 g/mol. The van der Waals surface area contributed by atoms with Crippen molar-refractivity contribution in [3.8, 4) is 0 Å². The van der Waals surface area contributed by atoms with Crippen LogP contribution in [0, 0.1) is 6.92 Å². The molecule has 3 heterocycles. The van der Waals surface area contributed by atoms with Crippen molar-refractivity contribution in [2.24, 2.45) is 7.05 Å². The highest BCUT2D eigenvalue weighted by Crippen LogP contribution is 2.22. The van der Waals surface area contributed by atoms with Crippen LogP contribution in [0.15, 0.2) is 23.5 Å². The van der Waals surface area contributed by atoms with Gasteiger partial charge >= 0.3 is 0 Å². The lowest BCUT2D eigenvalue weighted by Gasteiger charge is -2.07. The Hall–Kier alpha value is -2.13. The highest BCUT2D eigenvalue weighted by molar-refractivity contribution is 7.92. The summed E-state index contributed by atoms with van der Waals surface area (Å²) in [5, 5.41) is 8.76. The van der Waals surface area contributed by atoms with Gasteiger partial charge in [0, 0.05) is 13.2 Å². The summed E-state index contributed by atoms with van der Waals surface area (Å²) >= 11 is 6.06. The summed E-state index contributed by atoms with van der Waals surface area (Å²) < 4.78 is 30.6. The van der Waals surface area contributed by atoms with Gasteiger partial charge in [-0.05, 0) is 13.3 Å². The molecule has 0 aliphatic carbocycles. The maximum absolute atomic E-state index is 12.6. The number of aromatic nitrogens is 5. The number of sulfonamides is 1. The number of rotatable bonds is 4. The van der Waals surface area contributed by atoms with E-state index in [1.165, 1.54) is 16.9 Å². The Kier molecular flexibility index (Phi) is 3.77. The minimum atomic E-state index is -3.80. The first-order valence-corrected chi connectivity index (χ1v) is 8.73.